The van der Waals surface area contributed by atoms with Crippen molar-refractivity contribution in [1.29, 1.82) is 0 Å². The van der Waals surface area contributed by atoms with Crippen LogP contribution in [0, 0.1) is 18.3 Å². The van der Waals surface area contributed by atoms with E-state index in [1.807, 2.05) is 55.7 Å². The zero-order valence-corrected chi connectivity index (χ0v) is 37.3. The Hall–Kier alpha value is -5.71. The number of hydrogen-bond donors (Lipinski definition) is 3. The highest BCUT2D eigenvalue weighted by Gasteiger charge is 2.39. The van der Waals surface area contributed by atoms with E-state index in [1.54, 1.807) is 18.7 Å². The molecule has 1 radical (unpaired) electrons. The number of benzene rings is 2. The summed E-state index contributed by atoms with van der Waals surface area (Å²) in [6.45, 7) is 9.09. The number of sulfonamides is 1. The molecular formula is C45H57N10O6S. The fourth-order valence-electron chi connectivity index (χ4n) is 9.43. The second kappa shape index (κ2) is 17.2. The third-order valence-corrected chi connectivity index (χ3v) is 13.8. The number of carbonyl (C=O) groups is 3. The molecule has 0 aliphatic carbocycles. The summed E-state index contributed by atoms with van der Waals surface area (Å²) in [5.74, 6) is 1.73. The van der Waals surface area contributed by atoms with Gasteiger partial charge in [0.05, 0.1) is 77.9 Å². The summed E-state index contributed by atoms with van der Waals surface area (Å²) in [6, 6.07) is 15.0. The van der Waals surface area contributed by atoms with Gasteiger partial charge in [-0.2, -0.15) is 0 Å². The lowest BCUT2D eigenvalue weighted by molar-refractivity contribution is -0.135. The van der Waals surface area contributed by atoms with E-state index in [4.69, 9.17) is 14.7 Å². The van der Waals surface area contributed by atoms with Crippen molar-refractivity contribution in [3.8, 4) is 0 Å². The second-order valence-corrected chi connectivity index (χ2v) is 19.6. The Kier molecular flexibility index (Phi) is 11.9. The first kappa shape index (κ1) is 43.0. The van der Waals surface area contributed by atoms with Crippen LogP contribution in [0.25, 0.3) is 22.1 Å². The summed E-state index contributed by atoms with van der Waals surface area (Å²) >= 11 is 0. The van der Waals surface area contributed by atoms with Crippen molar-refractivity contribution in [3.63, 3.8) is 0 Å². The van der Waals surface area contributed by atoms with Crippen molar-refractivity contribution in [2.24, 2.45) is 11.8 Å². The number of likely N-dealkylation sites (tertiary alicyclic amines) is 2. The van der Waals surface area contributed by atoms with Crippen LogP contribution in [-0.2, 0) is 24.3 Å². The minimum Gasteiger partial charge on any atom is -0.453 e. The number of amides is 3. The fraction of sp³-hybridized carbons (Fsp3) is 0.489. The molecule has 3 saturated heterocycles. The maximum absolute atomic E-state index is 13.8. The summed E-state index contributed by atoms with van der Waals surface area (Å²) in [5.41, 5.74) is 6.41. The molecule has 5 aromatic rings. The molecule has 6 heterocycles. The summed E-state index contributed by atoms with van der Waals surface area (Å²) < 4.78 is 30.7. The summed E-state index contributed by atoms with van der Waals surface area (Å²) in [4.78, 5) is 66.9. The number of aromatic amines is 2. The van der Waals surface area contributed by atoms with E-state index in [0.717, 1.165) is 89.5 Å². The maximum atomic E-state index is 13.8. The molecule has 3 aliphatic rings. The molecule has 17 heteroatoms. The number of fused-ring (bicyclic) bond motifs is 2. The van der Waals surface area contributed by atoms with Gasteiger partial charge < -0.3 is 34.7 Å². The van der Waals surface area contributed by atoms with Crippen LogP contribution in [0.5, 0.6) is 0 Å². The molecule has 329 valence electrons. The van der Waals surface area contributed by atoms with Crippen molar-refractivity contribution in [1.82, 2.24) is 40.0 Å². The topological polar surface area (TPSA) is 190 Å². The normalized spacial score (nSPS) is 21.1. The molecule has 0 spiro atoms. The van der Waals surface area contributed by atoms with Gasteiger partial charge in [0.1, 0.15) is 23.5 Å². The highest BCUT2D eigenvalue weighted by Crippen LogP contribution is 2.48. The molecule has 16 nitrogen and oxygen atoms in total. The third kappa shape index (κ3) is 8.42. The smallest absolute Gasteiger partial charge is 0.407 e. The predicted octanol–water partition coefficient (Wildman–Crippen LogP) is 6.88. The minimum atomic E-state index is -3.51. The number of H-pyrrole nitrogens is 2. The number of ether oxygens (including phenoxy) is 1. The van der Waals surface area contributed by atoms with Crippen molar-refractivity contribution in [3.05, 3.63) is 83.9 Å². The Labute approximate surface area is 362 Å². The molecule has 0 bridgehead atoms. The molecule has 3 aromatic heterocycles. The number of alkyl carbamates (subject to hydrolysis) is 1. The maximum Gasteiger partial charge on any atom is 0.407 e. The quantitative estimate of drug-likeness (QED) is 0.119. The largest absolute Gasteiger partial charge is 0.453 e. The van der Waals surface area contributed by atoms with Gasteiger partial charge in [0.25, 0.3) is 0 Å². The number of aromatic nitrogens is 5. The van der Waals surface area contributed by atoms with Crippen molar-refractivity contribution < 1.29 is 27.5 Å². The van der Waals surface area contributed by atoms with Gasteiger partial charge in [-0.25, -0.2) is 28.2 Å². The molecule has 8 rings (SSSR count). The highest BCUT2D eigenvalue weighted by atomic mass is 32.2. The molecular weight excluding hydrogens is 809 g/mol. The van der Waals surface area contributed by atoms with E-state index in [2.05, 4.69) is 49.4 Å². The average Bonchev–Trinajstić information content (AvgIpc) is 4.09. The number of nitrogens with one attached hydrogen (secondary N) is 3. The number of hydrogen-bond acceptors (Lipinski definition) is 10. The molecule has 3 fully saturated rings. The van der Waals surface area contributed by atoms with E-state index in [0.29, 0.717) is 24.7 Å². The molecule has 2 aromatic carbocycles. The van der Waals surface area contributed by atoms with Gasteiger partial charge in [-0.05, 0) is 97.9 Å². The van der Waals surface area contributed by atoms with Gasteiger partial charge in [0, 0.05) is 20.1 Å². The SMILES string of the molecule is COC(=O)N[C@H](C(=O)N1CCC[C@H]1c1nc2ccc([C@H]3CC[C@H](c4ccc5nc([C@@H]6CCCN6C(=O)[CH]C(C)C)[nH]c5c4)N3c3ccc(N(C)S(C)(=O)=O)nc3)cc2[nH]1)C(C)C. The van der Waals surface area contributed by atoms with Gasteiger partial charge in [0.2, 0.25) is 21.8 Å². The molecule has 0 unspecified atom stereocenters. The lowest BCUT2D eigenvalue weighted by Gasteiger charge is -2.33. The standard InChI is InChI=1S/C45H57N10O6S/c1-26(2)22-40(56)53-20-8-10-37(53)42-47-31-15-12-28(23-33(31)49-42)35-17-18-36(55(35)30-14-19-39(46-25-30)52(5)62(7,59)60)29-13-16-32-34(24-29)50-43(48-32)38-11-9-21-54(38)44(57)41(27(3)4)51-45(58)61-6/h12-16,19,22-27,35-38,41H,8-11,17-18,20-21H2,1-7H3,(H,47,49)(H,48,50)(H,51,58)/t35-,36-,37+,38+,41+/m1/s1. The van der Waals surface area contributed by atoms with Gasteiger partial charge in [-0.3, -0.25) is 13.9 Å². The first-order valence-electron chi connectivity index (χ1n) is 21.6. The highest BCUT2D eigenvalue weighted by molar-refractivity contribution is 7.92. The Morgan fingerprint density at radius 1 is 0.823 bits per heavy atom. The van der Waals surface area contributed by atoms with Gasteiger partial charge in [0.15, 0.2) is 0 Å². The molecule has 3 amide bonds. The lowest BCUT2D eigenvalue weighted by Crippen LogP contribution is -2.51. The zero-order chi connectivity index (χ0) is 44.0. The number of nitrogens with zero attached hydrogens (tertiary/aromatic N) is 7. The Bertz CT molecular complexity index is 2570. The van der Waals surface area contributed by atoms with Crippen LogP contribution in [0.4, 0.5) is 16.3 Å². The van der Waals surface area contributed by atoms with E-state index in [-0.39, 0.29) is 47.8 Å². The molecule has 3 aliphatic heterocycles. The Morgan fingerprint density at radius 3 is 1.89 bits per heavy atom. The van der Waals surface area contributed by atoms with Crippen molar-refractivity contribution >= 4 is 61.5 Å². The van der Waals surface area contributed by atoms with Crippen LogP contribution >= 0.6 is 0 Å². The lowest BCUT2D eigenvalue weighted by atomic mass is 10.0. The average molecular weight is 866 g/mol. The number of rotatable bonds is 12. The van der Waals surface area contributed by atoms with E-state index < -0.39 is 22.2 Å². The Balaban J connectivity index is 1.11. The van der Waals surface area contributed by atoms with Crippen LogP contribution in [0.15, 0.2) is 54.7 Å². The van der Waals surface area contributed by atoms with Gasteiger partial charge in [-0.15, -0.1) is 0 Å². The minimum absolute atomic E-state index is 0.0450. The van der Waals surface area contributed by atoms with E-state index in [1.165, 1.54) is 18.5 Å². The van der Waals surface area contributed by atoms with Crippen LogP contribution < -0.4 is 14.5 Å². The third-order valence-electron chi connectivity index (χ3n) is 12.6. The number of carbonyl (C=O) groups excluding carboxylic acids is 3. The van der Waals surface area contributed by atoms with Crippen LogP contribution in [0.3, 0.4) is 0 Å². The predicted molar refractivity (Wildman–Crippen MR) is 238 cm³/mol. The van der Waals surface area contributed by atoms with Crippen molar-refractivity contribution in [2.75, 3.05) is 42.7 Å². The van der Waals surface area contributed by atoms with Crippen LogP contribution in [-0.4, -0.2) is 101 Å². The fourth-order valence-corrected chi connectivity index (χ4v) is 9.87. The monoisotopic (exact) mass is 865 g/mol. The van der Waals surface area contributed by atoms with Gasteiger partial charge in [-0.1, -0.05) is 39.8 Å². The molecule has 62 heavy (non-hydrogen) atoms. The summed E-state index contributed by atoms with van der Waals surface area (Å²) in [7, 11) is -0.731. The van der Waals surface area contributed by atoms with Crippen LogP contribution in [0.1, 0.15) is 113 Å². The number of imidazole rings is 2. The molecule has 3 N–H and O–H groups in total. The van der Waals surface area contributed by atoms with E-state index >= 15 is 0 Å². The number of anilines is 2. The summed E-state index contributed by atoms with van der Waals surface area (Å²) in [6.07, 6.45) is 9.03. The number of methoxy groups -OCH3 is 1. The molecule has 5 atom stereocenters. The Morgan fingerprint density at radius 2 is 1.39 bits per heavy atom. The van der Waals surface area contributed by atoms with Gasteiger partial charge >= 0.3 is 6.09 Å². The van der Waals surface area contributed by atoms with E-state index in [9.17, 15) is 22.8 Å². The summed E-state index contributed by atoms with van der Waals surface area (Å²) in [5, 5.41) is 2.72. The number of pyridine rings is 1. The zero-order valence-electron chi connectivity index (χ0n) is 36.5. The van der Waals surface area contributed by atoms with Crippen LogP contribution in [0.2, 0.25) is 0 Å². The molecule has 0 saturated carbocycles. The second-order valence-electron chi connectivity index (χ2n) is 17.6. The first-order valence-corrected chi connectivity index (χ1v) is 23.4. The first-order chi connectivity index (χ1) is 29.6. The van der Waals surface area contributed by atoms with Crippen molar-refractivity contribution in [2.45, 2.75) is 96.4 Å².